The van der Waals surface area contributed by atoms with Crippen molar-refractivity contribution in [3.05, 3.63) is 35.4 Å². The van der Waals surface area contributed by atoms with Gasteiger partial charge in [-0.05, 0) is 24.6 Å². The number of rotatable bonds is 2. The highest BCUT2D eigenvalue weighted by atomic mass is 19.2. The van der Waals surface area contributed by atoms with Crippen LogP contribution in [0.3, 0.4) is 0 Å². The van der Waals surface area contributed by atoms with E-state index in [2.05, 4.69) is 5.32 Å². The van der Waals surface area contributed by atoms with Crippen molar-refractivity contribution in [1.82, 2.24) is 10.2 Å². The summed E-state index contributed by atoms with van der Waals surface area (Å²) in [6.07, 6.45) is 0.115. The van der Waals surface area contributed by atoms with Gasteiger partial charge in [-0.25, -0.2) is 8.78 Å². The maximum Gasteiger partial charge on any atom is 0.227 e. The van der Waals surface area contributed by atoms with E-state index >= 15 is 0 Å². The first-order valence-corrected chi connectivity index (χ1v) is 6.01. The van der Waals surface area contributed by atoms with Crippen LogP contribution in [0, 0.1) is 11.6 Å². The number of amides is 1. The second kappa shape index (κ2) is 5.44. The average molecular weight is 254 g/mol. The van der Waals surface area contributed by atoms with Gasteiger partial charge in [0.05, 0.1) is 6.42 Å². The van der Waals surface area contributed by atoms with E-state index in [4.69, 9.17) is 0 Å². The molecule has 0 spiro atoms. The zero-order valence-electron chi connectivity index (χ0n) is 10.2. The van der Waals surface area contributed by atoms with Gasteiger partial charge in [-0.1, -0.05) is 6.07 Å². The summed E-state index contributed by atoms with van der Waals surface area (Å²) < 4.78 is 25.8. The molecule has 0 unspecified atom stereocenters. The minimum absolute atomic E-state index is 0.0469. The Morgan fingerprint density at radius 2 is 2.22 bits per heavy atom. The molecule has 0 aromatic heterocycles. The molecule has 5 heteroatoms. The van der Waals surface area contributed by atoms with Crippen molar-refractivity contribution in [3.8, 4) is 0 Å². The monoisotopic (exact) mass is 254 g/mol. The van der Waals surface area contributed by atoms with Crippen LogP contribution in [0.5, 0.6) is 0 Å². The van der Waals surface area contributed by atoms with Gasteiger partial charge in [0.1, 0.15) is 0 Å². The first kappa shape index (κ1) is 13.0. The zero-order chi connectivity index (χ0) is 13.1. The van der Waals surface area contributed by atoms with Gasteiger partial charge in [0.15, 0.2) is 11.6 Å². The molecule has 0 radical (unpaired) electrons. The molecule has 1 fully saturated rings. The van der Waals surface area contributed by atoms with E-state index in [1.807, 2.05) is 6.92 Å². The topological polar surface area (TPSA) is 32.3 Å². The summed E-state index contributed by atoms with van der Waals surface area (Å²) in [6.45, 7) is 4.09. The highest BCUT2D eigenvalue weighted by Crippen LogP contribution is 2.11. The van der Waals surface area contributed by atoms with Gasteiger partial charge in [-0.2, -0.15) is 0 Å². The van der Waals surface area contributed by atoms with Gasteiger partial charge in [-0.3, -0.25) is 4.79 Å². The molecule has 1 heterocycles. The maximum absolute atomic E-state index is 13.0. The standard InChI is InChI=1S/C13H16F2N2O/c1-9-8-17(5-4-16-9)13(18)7-10-2-3-11(14)12(15)6-10/h2-3,6,9,16H,4-5,7-8H2,1H3/t9-/m1/s1. The fraction of sp³-hybridized carbons (Fsp3) is 0.462. The van der Waals surface area contributed by atoms with Gasteiger partial charge < -0.3 is 10.2 Å². The van der Waals surface area contributed by atoms with Crippen molar-refractivity contribution in [3.63, 3.8) is 0 Å². The third kappa shape index (κ3) is 3.04. The van der Waals surface area contributed by atoms with Crippen LogP contribution >= 0.6 is 0 Å². The fourth-order valence-electron chi connectivity index (χ4n) is 2.09. The smallest absolute Gasteiger partial charge is 0.227 e. The summed E-state index contributed by atoms with van der Waals surface area (Å²) in [5, 5.41) is 3.24. The number of benzene rings is 1. The lowest BCUT2D eigenvalue weighted by Crippen LogP contribution is -2.51. The Bertz CT molecular complexity index is 451. The molecule has 1 aliphatic rings. The van der Waals surface area contributed by atoms with E-state index in [1.54, 1.807) is 4.90 Å². The molecule has 1 aromatic carbocycles. The number of piperazine rings is 1. The summed E-state index contributed by atoms with van der Waals surface area (Å²) >= 11 is 0. The number of hydrogen-bond donors (Lipinski definition) is 1. The summed E-state index contributed by atoms with van der Waals surface area (Å²) in [5.74, 6) is -1.84. The van der Waals surface area contributed by atoms with E-state index in [0.717, 1.165) is 18.7 Å². The van der Waals surface area contributed by atoms with E-state index in [0.29, 0.717) is 18.7 Å². The van der Waals surface area contributed by atoms with Crippen LogP contribution in [0.1, 0.15) is 12.5 Å². The van der Waals surface area contributed by atoms with Crippen LogP contribution < -0.4 is 5.32 Å². The number of hydrogen-bond acceptors (Lipinski definition) is 2. The first-order chi connectivity index (χ1) is 8.56. The number of carbonyl (C=O) groups excluding carboxylic acids is 1. The van der Waals surface area contributed by atoms with Crippen molar-refractivity contribution < 1.29 is 13.6 Å². The van der Waals surface area contributed by atoms with E-state index in [9.17, 15) is 13.6 Å². The Morgan fingerprint density at radius 1 is 1.44 bits per heavy atom. The summed E-state index contributed by atoms with van der Waals surface area (Å²) in [7, 11) is 0. The molecule has 1 amide bonds. The molecule has 0 saturated carbocycles. The third-order valence-corrected chi connectivity index (χ3v) is 3.06. The van der Waals surface area contributed by atoms with Crippen LogP contribution in [0.15, 0.2) is 18.2 Å². The molecule has 0 aliphatic carbocycles. The average Bonchev–Trinajstić information content (AvgIpc) is 2.34. The van der Waals surface area contributed by atoms with Crippen molar-refractivity contribution in [2.75, 3.05) is 19.6 Å². The molecule has 1 aliphatic heterocycles. The van der Waals surface area contributed by atoms with Crippen molar-refractivity contribution >= 4 is 5.91 Å². The van der Waals surface area contributed by atoms with Gasteiger partial charge >= 0.3 is 0 Å². The quantitative estimate of drug-likeness (QED) is 0.863. The molecule has 18 heavy (non-hydrogen) atoms. The Morgan fingerprint density at radius 3 is 2.89 bits per heavy atom. The second-order valence-corrected chi connectivity index (χ2v) is 4.62. The lowest BCUT2D eigenvalue weighted by Gasteiger charge is -2.32. The molecular formula is C13H16F2N2O. The third-order valence-electron chi connectivity index (χ3n) is 3.06. The minimum Gasteiger partial charge on any atom is -0.340 e. The number of carbonyl (C=O) groups is 1. The first-order valence-electron chi connectivity index (χ1n) is 6.01. The van der Waals surface area contributed by atoms with Crippen LogP contribution in [-0.4, -0.2) is 36.5 Å². The summed E-state index contributed by atoms with van der Waals surface area (Å²) in [6, 6.07) is 3.85. The van der Waals surface area contributed by atoms with Crippen LogP contribution in [0.4, 0.5) is 8.78 Å². The van der Waals surface area contributed by atoms with Gasteiger partial charge in [-0.15, -0.1) is 0 Å². The Balaban J connectivity index is 2.00. The largest absolute Gasteiger partial charge is 0.340 e. The molecule has 0 bridgehead atoms. The Hall–Kier alpha value is -1.49. The zero-order valence-corrected chi connectivity index (χ0v) is 10.2. The van der Waals surface area contributed by atoms with Crippen molar-refractivity contribution in [1.29, 1.82) is 0 Å². The van der Waals surface area contributed by atoms with Crippen LogP contribution in [0.2, 0.25) is 0 Å². The number of nitrogens with one attached hydrogen (secondary N) is 1. The fourth-order valence-corrected chi connectivity index (χ4v) is 2.09. The second-order valence-electron chi connectivity index (χ2n) is 4.62. The number of halogens is 2. The van der Waals surface area contributed by atoms with E-state index in [1.165, 1.54) is 6.07 Å². The minimum atomic E-state index is -0.908. The molecule has 98 valence electrons. The molecule has 1 aromatic rings. The molecule has 1 saturated heterocycles. The highest BCUT2D eigenvalue weighted by molar-refractivity contribution is 5.78. The molecule has 2 rings (SSSR count). The maximum atomic E-state index is 13.0. The van der Waals surface area contributed by atoms with Crippen molar-refractivity contribution in [2.24, 2.45) is 0 Å². The lowest BCUT2D eigenvalue weighted by atomic mass is 10.1. The summed E-state index contributed by atoms with van der Waals surface area (Å²) in [4.78, 5) is 13.7. The van der Waals surface area contributed by atoms with Gasteiger partial charge in [0, 0.05) is 25.7 Å². The normalized spacial score (nSPS) is 19.9. The molecule has 1 N–H and O–H groups in total. The molecule has 3 nitrogen and oxygen atoms in total. The molecular weight excluding hydrogens is 238 g/mol. The van der Waals surface area contributed by atoms with E-state index in [-0.39, 0.29) is 18.4 Å². The van der Waals surface area contributed by atoms with E-state index < -0.39 is 11.6 Å². The lowest BCUT2D eigenvalue weighted by molar-refractivity contribution is -0.131. The summed E-state index contributed by atoms with van der Waals surface area (Å²) in [5.41, 5.74) is 0.505. The van der Waals surface area contributed by atoms with Crippen molar-refractivity contribution in [2.45, 2.75) is 19.4 Å². The SMILES string of the molecule is C[C@@H]1CN(C(=O)Cc2ccc(F)c(F)c2)CCN1. The van der Waals surface area contributed by atoms with Crippen LogP contribution in [-0.2, 0) is 11.2 Å². The van der Waals surface area contributed by atoms with Gasteiger partial charge in [0.25, 0.3) is 0 Å². The number of nitrogens with zero attached hydrogens (tertiary/aromatic N) is 1. The predicted molar refractivity (Wildman–Crippen MR) is 64.1 cm³/mol. The highest BCUT2D eigenvalue weighted by Gasteiger charge is 2.20. The molecule has 1 atom stereocenters. The Labute approximate surface area is 105 Å². The van der Waals surface area contributed by atoms with Crippen LogP contribution in [0.25, 0.3) is 0 Å². The van der Waals surface area contributed by atoms with Gasteiger partial charge in [0.2, 0.25) is 5.91 Å². The predicted octanol–water partition coefficient (Wildman–Crippen LogP) is 1.33. The Kier molecular flexibility index (Phi) is 3.91.